The number of nitrogens with zero attached hydrogens (tertiary/aromatic N) is 4. The Morgan fingerprint density at radius 1 is 1.40 bits per heavy atom. The summed E-state index contributed by atoms with van der Waals surface area (Å²) in [6.45, 7) is 1.67. The molecular formula is C12H11FN4O3. The first-order valence-corrected chi connectivity index (χ1v) is 5.78. The van der Waals surface area contributed by atoms with E-state index in [1.54, 1.807) is 6.92 Å². The first-order chi connectivity index (χ1) is 9.56. The van der Waals surface area contributed by atoms with Crippen molar-refractivity contribution < 1.29 is 18.7 Å². The molecule has 0 spiro atoms. The minimum absolute atomic E-state index is 0.0371. The van der Waals surface area contributed by atoms with E-state index >= 15 is 0 Å². The number of ketones is 1. The highest BCUT2D eigenvalue weighted by Crippen LogP contribution is 2.13. The molecule has 7 nitrogen and oxygen atoms in total. The predicted molar refractivity (Wildman–Crippen MR) is 65.1 cm³/mol. The van der Waals surface area contributed by atoms with Gasteiger partial charge in [0.05, 0.1) is 18.4 Å². The number of hydrogen-bond acceptors (Lipinski definition) is 6. The van der Waals surface area contributed by atoms with Crippen molar-refractivity contribution in [1.29, 1.82) is 0 Å². The normalized spacial score (nSPS) is 10.3. The number of hydrogen-bond donors (Lipinski definition) is 0. The molecule has 0 aliphatic heterocycles. The lowest BCUT2D eigenvalue weighted by Gasteiger charge is -2.03. The number of aromatic nitrogens is 4. The Balaban J connectivity index is 2.34. The van der Waals surface area contributed by atoms with Gasteiger partial charge in [-0.05, 0) is 17.3 Å². The van der Waals surface area contributed by atoms with Gasteiger partial charge in [0.25, 0.3) is 0 Å². The summed E-state index contributed by atoms with van der Waals surface area (Å²) in [6.07, 6.45) is 0.251. The van der Waals surface area contributed by atoms with Crippen molar-refractivity contribution in [2.24, 2.45) is 0 Å². The molecule has 8 heteroatoms. The van der Waals surface area contributed by atoms with Crippen LogP contribution in [0.3, 0.4) is 0 Å². The van der Waals surface area contributed by atoms with Gasteiger partial charge < -0.3 is 4.74 Å². The monoisotopic (exact) mass is 278 g/mol. The molecule has 0 atom stereocenters. The maximum absolute atomic E-state index is 13.7. The van der Waals surface area contributed by atoms with E-state index in [2.05, 4.69) is 20.1 Å². The fourth-order valence-electron chi connectivity index (χ4n) is 1.50. The molecule has 20 heavy (non-hydrogen) atoms. The van der Waals surface area contributed by atoms with E-state index in [1.165, 1.54) is 12.1 Å². The molecule has 0 aliphatic rings. The SMILES string of the molecule is CCC(=O)c1nnn(-c2ccc(C(=O)OC)c(F)c2)n1. The number of rotatable bonds is 4. The van der Waals surface area contributed by atoms with Crippen molar-refractivity contribution in [3.8, 4) is 5.69 Å². The molecule has 0 fully saturated rings. The summed E-state index contributed by atoms with van der Waals surface area (Å²) in [7, 11) is 1.16. The third-order valence-corrected chi connectivity index (χ3v) is 2.57. The number of halogens is 1. The van der Waals surface area contributed by atoms with E-state index in [0.29, 0.717) is 0 Å². The molecule has 2 rings (SSSR count). The Labute approximate surface area is 113 Å². The predicted octanol–water partition coefficient (Wildman–Crippen LogP) is 1.18. The summed E-state index contributed by atoms with van der Waals surface area (Å²) in [6, 6.07) is 3.74. The van der Waals surface area contributed by atoms with E-state index in [1.807, 2.05) is 0 Å². The highest BCUT2D eigenvalue weighted by molar-refractivity contribution is 5.92. The number of carbonyl (C=O) groups excluding carboxylic acids is 2. The quantitative estimate of drug-likeness (QED) is 0.616. The lowest BCUT2D eigenvalue weighted by molar-refractivity contribution is 0.0595. The Kier molecular flexibility index (Phi) is 3.83. The fraction of sp³-hybridized carbons (Fsp3) is 0.250. The maximum atomic E-state index is 13.7. The van der Waals surface area contributed by atoms with Gasteiger partial charge in [-0.2, -0.15) is 0 Å². The van der Waals surface area contributed by atoms with Gasteiger partial charge in [0.1, 0.15) is 5.82 Å². The summed E-state index contributed by atoms with van der Waals surface area (Å²) < 4.78 is 18.2. The summed E-state index contributed by atoms with van der Waals surface area (Å²) in [4.78, 5) is 23.7. The van der Waals surface area contributed by atoms with Gasteiger partial charge in [-0.1, -0.05) is 6.92 Å². The number of ether oxygens (including phenoxy) is 1. The third-order valence-electron chi connectivity index (χ3n) is 2.57. The summed E-state index contributed by atoms with van der Waals surface area (Å²) in [5, 5.41) is 11.1. The van der Waals surface area contributed by atoms with Gasteiger partial charge >= 0.3 is 5.97 Å². The largest absolute Gasteiger partial charge is 0.465 e. The molecule has 0 N–H and O–H groups in total. The van der Waals surface area contributed by atoms with Crippen LogP contribution in [0.15, 0.2) is 18.2 Å². The minimum Gasteiger partial charge on any atom is -0.465 e. The molecule has 1 heterocycles. The highest BCUT2D eigenvalue weighted by atomic mass is 19.1. The van der Waals surface area contributed by atoms with Crippen molar-refractivity contribution in [2.45, 2.75) is 13.3 Å². The van der Waals surface area contributed by atoms with Crippen LogP contribution < -0.4 is 0 Å². The molecule has 0 saturated heterocycles. The average Bonchev–Trinajstić information content (AvgIpc) is 2.95. The number of carbonyl (C=O) groups is 2. The maximum Gasteiger partial charge on any atom is 0.340 e. The molecule has 0 bridgehead atoms. The van der Waals surface area contributed by atoms with E-state index in [-0.39, 0.29) is 29.3 Å². The summed E-state index contributed by atoms with van der Waals surface area (Å²) in [5.41, 5.74) is 0.0547. The van der Waals surface area contributed by atoms with Crippen LogP contribution >= 0.6 is 0 Å². The first-order valence-electron chi connectivity index (χ1n) is 5.78. The Hall–Kier alpha value is -2.64. The number of esters is 1. The van der Waals surface area contributed by atoms with Gasteiger partial charge in [-0.25, -0.2) is 9.18 Å². The summed E-state index contributed by atoms with van der Waals surface area (Å²) >= 11 is 0. The smallest absolute Gasteiger partial charge is 0.340 e. The lowest BCUT2D eigenvalue weighted by atomic mass is 10.2. The second-order valence-electron chi connectivity index (χ2n) is 3.83. The van der Waals surface area contributed by atoms with E-state index in [0.717, 1.165) is 18.0 Å². The molecule has 0 amide bonds. The lowest BCUT2D eigenvalue weighted by Crippen LogP contribution is -2.07. The van der Waals surface area contributed by atoms with Gasteiger partial charge in [-0.3, -0.25) is 4.79 Å². The van der Waals surface area contributed by atoms with Crippen molar-refractivity contribution >= 4 is 11.8 Å². The zero-order valence-corrected chi connectivity index (χ0v) is 10.8. The zero-order chi connectivity index (χ0) is 14.7. The Bertz CT molecular complexity index is 668. The second-order valence-corrected chi connectivity index (χ2v) is 3.83. The Morgan fingerprint density at radius 2 is 2.15 bits per heavy atom. The second kappa shape index (κ2) is 5.55. The van der Waals surface area contributed by atoms with Gasteiger partial charge in [-0.15, -0.1) is 15.0 Å². The molecule has 0 radical (unpaired) electrons. The van der Waals surface area contributed by atoms with Crippen LogP contribution in [0.1, 0.15) is 34.3 Å². The highest BCUT2D eigenvalue weighted by Gasteiger charge is 2.15. The van der Waals surface area contributed by atoms with Gasteiger partial charge in [0.2, 0.25) is 11.6 Å². The molecular weight excluding hydrogens is 267 g/mol. The standard InChI is InChI=1S/C12H11FN4O3/c1-3-10(18)11-14-16-17(15-11)7-4-5-8(9(13)6-7)12(19)20-2/h4-6H,3H2,1-2H3. The number of tetrazole rings is 1. The molecule has 0 aliphatic carbocycles. The zero-order valence-electron chi connectivity index (χ0n) is 10.8. The van der Waals surface area contributed by atoms with Crippen LogP contribution in [-0.4, -0.2) is 39.1 Å². The van der Waals surface area contributed by atoms with E-state index < -0.39 is 11.8 Å². The third kappa shape index (κ3) is 2.53. The molecule has 1 aromatic heterocycles. The molecule has 0 saturated carbocycles. The average molecular weight is 278 g/mol. The molecule has 104 valence electrons. The number of benzene rings is 1. The van der Waals surface area contributed by atoms with Crippen molar-refractivity contribution in [2.75, 3.05) is 7.11 Å². The molecule has 1 aromatic carbocycles. The van der Waals surface area contributed by atoms with Crippen molar-refractivity contribution in [3.05, 3.63) is 35.4 Å². The molecule has 2 aromatic rings. The van der Waals surface area contributed by atoms with Crippen LogP contribution in [0.2, 0.25) is 0 Å². The number of Topliss-reactive ketones (excluding diaryl/α,β-unsaturated/α-hetero) is 1. The van der Waals surface area contributed by atoms with Crippen LogP contribution in [0.25, 0.3) is 5.69 Å². The van der Waals surface area contributed by atoms with Crippen LogP contribution in [-0.2, 0) is 4.74 Å². The van der Waals surface area contributed by atoms with Gasteiger partial charge in [0.15, 0.2) is 0 Å². The van der Waals surface area contributed by atoms with Crippen molar-refractivity contribution in [1.82, 2.24) is 20.2 Å². The fourth-order valence-corrected chi connectivity index (χ4v) is 1.50. The minimum atomic E-state index is -0.776. The first kappa shape index (κ1) is 13.8. The van der Waals surface area contributed by atoms with Crippen LogP contribution in [0.4, 0.5) is 4.39 Å². The van der Waals surface area contributed by atoms with E-state index in [4.69, 9.17) is 0 Å². The summed E-state index contributed by atoms with van der Waals surface area (Å²) in [5.74, 6) is -1.84. The van der Waals surface area contributed by atoms with Gasteiger partial charge in [0, 0.05) is 12.5 Å². The van der Waals surface area contributed by atoms with Crippen molar-refractivity contribution in [3.63, 3.8) is 0 Å². The van der Waals surface area contributed by atoms with Crippen LogP contribution in [0.5, 0.6) is 0 Å². The Morgan fingerprint density at radius 3 is 2.75 bits per heavy atom. The van der Waals surface area contributed by atoms with Crippen LogP contribution in [0, 0.1) is 5.82 Å². The van der Waals surface area contributed by atoms with E-state index in [9.17, 15) is 14.0 Å². The number of methoxy groups -OCH3 is 1. The topological polar surface area (TPSA) is 87.0 Å². The molecule has 0 unspecified atom stereocenters.